The molecule has 1 aromatic rings. The molecular weight excluding hydrogens is 359 g/mol. The number of aryl methyl sites for hydroxylation is 1. The van der Waals surface area contributed by atoms with Gasteiger partial charge in [-0.15, -0.1) is 0 Å². The van der Waals surface area contributed by atoms with Gasteiger partial charge in [-0.05, 0) is 68.7 Å². The number of hydrogen-bond donors (Lipinski definition) is 0. The third kappa shape index (κ3) is 3.66. The van der Waals surface area contributed by atoms with Crippen molar-refractivity contribution in [2.24, 2.45) is 12.5 Å². The minimum absolute atomic E-state index is 0.209. The highest BCUT2D eigenvalue weighted by molar-refractivity contribution is 7.99. The van der Waals surface area contributed by atoms with Crippen LogP contribution in [-0.4, -0.2) is 45.3 Å². The predicted octanol–water partition coefficient (Wildman–Crippen LogP) is 4.68. The first kappa shape index (κ1) is 18.7. The molecule has 0 bridgehead atoms. The summed E-state index contributed by atoms with van der Waals surface area (Å²) in [7, 11) is 1.64. The normalized spacial score (nSPS) is 33.8. The first-order chi connectivity index (χ1) is 12.4. The summed E-state index contributed by atoms with van der Waals surface area (Å²) < 4.78 is 40.2. The number of likely N-dealkylation sites (tertiary alicyclic amines) is 1. The summed E-state index contributed by atoms with van der Waals surface area (Å²) in [6, 6.07) is 1.88. The summed E-state index contributed by atoms with van der Waals surface area (Å²) in [6.45, 7) is 2.44. The Bertz CT molecular complexity index is 628. The lowest BCUT2D eigenvalue weighted by atomic mass is 9.77. The molecular formula is C19H28F3N3S. The van der Waals surface area contributed by atoms with E-state index >= 15 is 0 Å². The lowest BCUT2D eigenvalue weighted by Crippen LogP contribution is -2.49. The van der Waals surface area contributed by atoms with Crippen molar-refractivity contribution in [1.82, 2.24) is 14.7 Å². The average Bonchev–Trinajstić information content (AvgIpc) is 3.22. The Morgan fingerprint density at radius 2 is 1.96 bits per heavy atom. The van der Waals surface area contributed by atoms with Crippen LogP contribution in [0.25, 0.3) is 0 Å². The van der Waals surface area contributed by atoms with Crippen LogP contribution in [0, 0.1) is 5.41 Å². The first-order valence-corrected chi connectivity index (χ1v) is 10.9. The topological polar surface area (TPSA) is 21.1 Å². The molecule has 0 N–H and O–H groups in total. The van der Waals surface area contributed by atoms with Gasteiger partial charge in [0.1, 0.15) is 0 Å². The van der Waals surface area contributed by atoms with Gasteiger partial charge in [-0.2, -0.15) is 30.0 Å². The van der Waals surface area contributed by atoms with E-state index in [1.807, 2.05) is 0 Å². The molecule has 26 heavy (non-hydrogen) atoms. The van der Waals surface area contributed by atoms with E-state index in [2.05, 4.69) is 21.8 Å². The lowest BCUT2D eigenvalue weighted by molar-refractivity contribution is -0.141. The van der Waals surface area contributed by atoms with E-state index in [4.69, 9.17) is 0 Å². The van der Waals surface area contributed by atoms with E-state index < -0.39 is 11.9 Å². The van der Waals surface area contributed by atoms with E-state index in [0.29, 0.717) is 11.5 Å². The number of thioether (sulfide) groups is 1. The van der Waals surface area contributed by atoms with Crippen molar-refractivity contribution in [3.05, 3.63) is 17.5 Å². The fourth-order valence-electron chi connectivity index (χ4n) is 5.27. The van der Waals surface area contributed by atoms with Crippen molar-refractivity contribution in [3.8, 4) is 0 Å². The Kier molecular flexibility index (Phi) is 5.05. The Morgan fingerprint density at radius 3 is 2.58 bits per heavy atom. The van der Waals surface area contributed by atoms with Gasteiger partial charge in [0.05, 0.1) is 0 Å². The zero-order valence-electron chi connectivity index (χ0n) is 15.4. The molecule has 1 aromatic heterocycles. The molecule has 2 saturated heterocycles. The molecule has 0 radical (unpaired) electrons. The molecule has 1 aliphatic carbocycles. The largest absolute Gasteiger partial charge is 0.435 e. The van der Waals surface area contributed by atoms with Crippen LogP contribution in [0.3, 0.4) is 0 Å². The summed E-state index contributed by atoms with van der Waals surface area (Å²) in [5.74, 6) is 2.83. The van der Waals surface area contributed by atoms with Crippen LogP contribution in [0.4, 0.5) is 13.2 Å². The van der Waals surface area contributed by atoms with Crippen LogP contribution in [0.15, 0.2) is 6.07 Å². The monoisotopic (exact) mass is 387 g/mol. The van der Waals surface area contributed by atoms with Crippen LogP contribution in [0.5, 0.6) is 0 Å². The summed E-state index contributed by atoms with van der Waals surface area (Å²) in [6.07, 6.45) is 3.83. The molecule has 1 atom stereocenters. The quantitative estimate of drug-likeness (QED) is 0.735. The molecule has 2 aliphatic heterocycles. The SMILES string of the molecule is Cn1nc(C(F)(F)F)cc1C1CCC(N2CCC[C@@]3(CCSC3)C2)CC1. The summed E-state index contributed by atoms with van der Waals surface area (Å²) in [4.78, 5) is 2.70. The number of aromatic nitrogens is 2. The van der Waals surface area contributed by atoms with Crippen molar-refractivity contribution in [3.63, 3.8) is 0 Å². The van der Waals surface area contributed by atoms with Crippen LogP contribution in [0.1, 0.15) is 62.3 Å². The second-order valence-corrected chi connectivity index (χ2v) is 9.56. The maximum atomic E-state index is 12.9. The van der Waals surface area contributed by atoms with Gasteiger partial charge in [-0.1, -0.05) is 0 Å². The van der Waals surface area contributed by atoms with Crippen molar-refractivity contribution in [2.75, 3.05) is 24.6 Å². The fourth-order valence-corrected chi connectivity index (χ4v) is 6.80. The van der Waals surface area contributed by atoms with Gasteiger partial charge in [0, 0.05) is 37.0 Å². The third-order valence-electron chi connectivity index (χ3n) is 6.71. The van der Waals surface area contributed by atoms with Crippen LogP contribution < -0.4 is 0 Å². The van der Waals surface area contributed by atoms with Crippen molar-refractivity contribution >= 4 is 11.8 Å². The van der Waals surface area contributed by atoms with Crippen molar-refractivity contribution in [2.45, 2.75) is 63.1 Å². The van der Waals surface area contributed by atoms with Gasteiger partial charge in [-0.25, -0.2) is 0 Å². The summed E-state index contributed by atoms with van der Waals surface area (Å²) >= 11 is 2.10. The standard InChI is InChI=1S/C19H28F3N3S/c1-24-16(11-17(23-24)19(20,21)22)14-3-5-15(6-4-14)25-9-2-7-18(12-25)8-10-26-13-18/h11,14-15H,2-10,12-13H2,1H3/t14?,15?,18-/m1/s1. The van der Waals surface area contributed by atoms with Gasteiger partial charge in [0.2, 0.25) is 0 Å². The molecule has 0 unspecified atom stereocenters. The summed E-state index contributed by atoms with van der Waals surface area (Å²) in [5.41, 5.74) is 0.538. The Hall–Kier alpha value is -0.690. The van der Waals surface area contributed by atoms with Gasteiger partial charge < -0.3 is 0 Å². The number of piperidine rings is 1. The van der Waals surface area contributed by atoms with Gasteiger partial charge in [0.15, 0.2) is 5.69 Å². The molecule has 1 spiro atoms. The maximum Gasteiger partial charge on any atom is 0.435 e. The van der Waals surface area contributed by atoms with E-state index in [1.54, 1.807) is 7.05 Å². The highest BCUT2D eigenvalue weighted by Gasteiger charge is 2.41. The van der Waals surface area contributed by atoms with Crippen LogP contribution in [0.2, 0.25) is 0 Å². The van der Waals surface area contributed by atoms with Gasteiger partial charge in [0.25, 0.3) is 0 Å². The number of nitrogens with zero attached hydrogens (tertiary/aromatic N) is 3. The molecule has 3 fully saturated rings. The number of alkyl halides is 3. The van der Waals surface area contributed by atoms with Gasteiger partial charge in [-0.3, -0.25) is 9.58 Å². The molecule has 3 nitrogen and oxygen atoms in total. The Morgan fingerprint density at radius 1 is 1.19 bits per heavy atom. The van der Waals surface area contributed by atoms with E-state index in [-0.39, 0.29) is 5.92 Å². The predicted molar refractivity (Wildman–Crippen MR) is 98.4 cm³/mol. The molecule has 3 aliphatic rings. The van der Waals surface area contributed by atoms with Crippen LogP contribution in [-0.2, 0) is 13.2 Å². The van der Waals surface area contributed by atoms with Crippen LogP contribution >= 0.6 is 11.8 Å². The average molecular weight is 388 g/mol. The minimum atomic E-state index is -4.35. The third-order valence-corrected chi connectivity index (χ3v) is 8.02. The molecule has 4 rings (SSSR count). The highest BCUT2D eigenvalue weighted by atomic mass is 32.2. The lowest BCUT2D eigenvalue weighted by Gasteiger charge is -2.45. The molecule has 0 amide bonds. The molecule has 1 saturated carbocycles. The van der Waals surface area contributed by atoms with Crippen molar-refractivity contribution in [1.29, 1.82) is 0 Å². The molecule has 3 heterocycles. The number of hydrogen-bond acceptors (Lipinski definition) is 3. The fraction of sp³-hybridized carbons (Fsp3) is 0.842. The van der Waals surface area contributed by atoms with Gasteiger partial charge >= 0.3 is 6.18 Å². The molecule has 7 heteroatoms. The van der Waals surface area contributed by atoms with E-state index in [9.17, 15) is 13.2 Å². The second kappa shape index (κ2) is 7.04. The zero-order valence-corrected chi connectivity index (χ0v) is 16.2. The zero-order chi connectivity index (χ0) is 18.4. The van der Waals surface area contributed by atoms with E-state index in [0.717, 1.165) is 31.4 Å². The Labute approximate surface area is 157 Å². The second-order valence-electron chi connectivity index (χ2n) is 8.46. The number of rotatable bonds is 2. The maximum absolute atomic E-state index is 12.9. The van der Waals surface area contributed by atoms with Crippen molar-refractivity contribution < 1.29 is 13.2 Å². The minimum Gasteiger partial charge on any atom is -0.300 e. The smallest absolute Gasteiger partial charge is 0.300 e. The molecule has 0 aromatic carbocycles. The number of halogens is 3. The first-order valence-electron chi connectivity index (χ1n) is 9.79. The summed E-state index contributed by atoms with van der Waals surface area (Å²) in [5, 5.41) is 3.69. The Balaban J connectivity index is 1.38. The highest BCUT2D eigenvalue weighted by Crippen LogP contribution is 2.45. The van der Waals surface area contributed by atoms with E-state index in [1.165, 1.54) is 54.6 Å². The molecule has 146 valence electrons.